The SMILES string of the molecule is C=CC(=O)OC(COC(=O)c1c(C(=O)O)ccc2ccccc12)OC(=O)C=C. The Hall–Kier alpha value is -3.94. The van der Waals surface area contributed by atoms with Crippen molar-refractivity contribution >= 4 is 34.6 Å². The van der Waals surface area contributed by atoms with Crippen LogP contribution in [0.4, 0.5) is 0 Å². The minimum atomic E-state index is -1.55. The first-order valence-corrected chi connectivity index (χ1v) is 7.95. The van der Waals surface area contributed by atoms with E-state index in [4.69, 9.17) is 14.2 Å². The number of carboxylic acid groups (broad SMARTS) is 1. The summed E-state index contributed by atoms with van der Waals surface area (Å²) in [5, 5.41) is 10.4. The van der Waals surface area contributed by atoms with E-state index in [2.05, 4.69) is 13.2 Å². The number of ether oxygens (including phenoxy) is 3. The molecule has 2 rings (SSSR count). The van der Waals surface area contributed by atoms with Gasteiger partial charge in [0.2, 0.25) is 0 Å². The largest absolute Gasteiger partial charge is 0.478 e. The number of carbonyl (C=O) groups excluding carboxylic acids is 3. The summed E-state index contributed by atoms with van der Waals surface area (Å²) in [7, 11) is 0. The second kappa shape index (κ2) is 9.13. The van der Waals surface area contributed by atoms with Crippen molar-refractivity contribution in [1.29, 1.82) is 0 Å². The molecule has 0 amide bonds. The standard InChI is InChI=1S/C20H16O8/c1-3-15(21)27-17(28-16(22)4-2)11-26-20(25)18-13-8-6-5-7-12(13)9-10-14(18)19(23)24/h3-10,17H,1-2,11H2,(H,23,24). The Morgan fingerprint density at radius 1 is 0.964 bits per heavy atom. The third-order valence-electron chi connectivity index (χ3n) is 3.54. The number of benzene rings is 2. The van der Waals surface area contributed by atoms with E-state index in [1.165, 1.54) is 6.07 Å². The molecule has 2 aromatic carbocycles. The summed E-state index contributed by atoms with van der Waals surface area (Å²) in [6.45, 7) is 5.77. The molecule has 28 heavy (non-hydrogen) atoms. The molecule has 2 aromatic rings. The van der Waals surface area contributed by atoms with E-state index in [-0.39, 0.29) is 11.1 Å². The van der Waals surface area contributed by atoms with Crippen molar-refractivity contribution in [2.75, 3.05) is 6.61 Å². The molecule has 0 aliphatic carbocycles. The fraction of sp³-hybridized carbons (Fsp3) is 0.100. The number of hydrogen-bond acceptors (Lipinski definition) is 7. The van der Waals surface area contributed by atoms with Crippen LogP contribution >= 0.6 is 0 Å². The summed E-state index contributed by atoms with van der Waals surface area (Å²) in [4.78, 5) is 46.8. The molecule has 0 aromatic heterocycles. The van der Waals surface area contributed by atoms with Crippen LogP contribution in [0.25, 0.3) is 10.8 Å². The molecule has 0 heterocycles. The molecule has 0 saturated heterocycles. The van der Waals surface area contributed by atoms with Gasteiger partial charge in [0, 0.05) is 12.2 Å². The maximum Gasteiger partial charge on any atom is 0.339 e. The maximum absolute atomic E-state index is 12.6. The number of carbonyl (C=O) groups is 4. The number of aromatic carboxylic acids is 1. The molecule has 0 spiro atoms. The average molecular weight is 384 g/mol. The van der Waals surface area contributed by atoms with E-state index < -0.39 is 36.8 Å². The Morgan fingerprint density at radius 2 is 1.57 bits per heavy atom. The quantitative estimate of drug-likeness (QED) is 0.419. The maximum atomic E-state index is 12.6. The number of esters is 3. The first-order valence-electron chi connectivity index (χ1n) is 7.95. The Balaban J connectivity index is 2.29. The van der Waals surface area contributed by atoms with Gasteiger partial charge in [-0.1, -0.05) is 43.5 Å². The lowest BCUT2D eigenvalue weighted by Gasteiger charge is -2.17. The molecule has 0 aliphatic heterocycles. The van der Waals surface area contributed by atoms with Gasteiger partial charge in [0.05, 0.1) is 11.1 Å². The van der Waals surface area contributed by atoms with Crippen molar-refractivity contribution < 1.29 is 38.5 Å². The van der Waals surface area contributed by atoms with Gasteiger partial charge >= 0.3 is 23.9 Å². The van der Waals surface area contributed by atoms with E-state index in [0.717, 1.165) is 12.2 Å². The van der Waals surface area contributed by atoms with Crippen LogP contribution in [0, 0.1) is 0 Å². The second-order valence-corrected chi connectivity index (χ2v) is 5.32. The second-order valence-electron chi connectivity index (χ2n) is 5.32. The van der Waals surface area contributed by atoms with E-state index >= 15 is 0 Å². The van der Waals surface area contributed by atoms with Crippen LogP contribution in [0.1, 0.15) is 20.7 Å². The van der Waals surface area contributed by atoms with E-state index in [1.807, 2.05) is 0 Å². The summed E-state index contributed by atoms with van der Waals surface area (Å²) in [6.07, 6.45) is 0.122. The van der Waals surface area contributed by atoms with E-state index in [9.17, 15) is 24.3 Å². The number of fused-ring (bicyclic) bond motifs is 1. The van der Waals surface area contributed by atoms with Crippen LogP contribution in [0.3, 0.4) is 0 Å². The molecular weight excluding hydrogens is 368 g/mol. The molecule has 8 nitrogen and oxygen atoms in total. The first kappa shape index (κ1) is 20.4. The van der Waals surface area contributed by atoms with E-state index in [1.54, 1.807) is 30.3 Å². The molecule has 144 valence electrons. The minimum Gasteiger partial charge on any atom is -0.478 e. The summed E-state index contributed by atoms with van der Waals surface area (Å²) in [6, 6.07) is 9.51. The van der Waals surface area contributed by atoms with E-state index in [0.29, 0.717) is 10.8 Å². The predicted octanol–water partition coefficient (Wildman–Crippen LogP) is 2.48. The summed E-state index contributed by atoms with van der Waals surface area (Å²) >= 11 is 0. The zero-order chi connectivity index (χ0) is 20.7. The van der Waals surface area contributed by atoms with Gasteiger partial charge < -0.3 is 19.3 Å². The van der Waals surface area contributed by atoms with Crippen LogP contribution in [0.2, 0.25) is 0 Å². The Labute approximate surface area is 159 Å². The molecule has 0 fully saturated rings. The zero-order valence-electron chi connectivity index (χ0n) is 14.6. The van der Waals surface area contributed by atoms with Gasteiger partial charge in [-0.15, -0.1) is 0 Å². The topological polar surface area (TPSA) is 116 Å². The predicted molar refractivity (Wildman–Crippen MR) is 97.6 cm³/mol. The molecule has 0 saturated carbocycles. The van der Waals surface area contributed by atoms with Crippen molar-refractivity contribution in [3.05, 3.63) is 72.8 Å². The molecule has 0 unspecified atom stereocenters. The third-order valence-corrected chi connectivity index (χ3v) is 3.54. The molecular formula is C20H16O8. The normalized spacial score (nSPS) is 10.2. The van der Waals surface area contributed by atoms with Gasteiger partial charge in [-0.25, -0.2) is 19.2 Å². The van der Waals surface area contributed by atoms with Crippen LogP contribution in [0.5, 0.6) is 0 Å². The fourth-order valence-electron chi connectivity index (χ4n) is 2.33. The van der Waals surface area contributed by atoms with Gasteiger partial charge in [0.15, 0.2) is 6.61 Å². The van der Waals surface area contributed by atoms with Crippen molar-refractivity contribution in [3.63, 3.8) is 0 Å². The highest BCUT2D eigenvalue weighted by Gasteiger charge is 2.24. The van der Waals surface area contributed by atoms with Gasteiger partial charge in [0.1, 0.15) is 0 Å². The lowest BCUT2D eigenvalue weighted by atomic mass is 9.99. The zero-order valence-corrected chi connectivity index (χ0v) is 14.6. The molecule has 8 heteroatoms. The van der Waals surface area contributed by atoms with Crippen molar-refractivity contribution in [2.45, 2.75) is 6.29 Å². The molecule has 1 N–H and O–H groups in total. The third kappa shape index (κ3) is 4.82. The molecule has 0 radical (unpaired) electrons. The van der Waals surface area contributed by atoms with Crippen LogP contribution in [-0.2, 0) is 23.8 Å². The van der Waals surface area contributed by atoms with Crippen molar-refractivity contribution in [1.82, 2.24) is 0 Å². The van der Waals surface area contributed by atoms with Gasteiger partial charge in [0.25, 0.3) is 6.29 Å². The summed E-state index contributed by atoms with van der Waals surface area (Å²) in [5.74, 6) is -4.11. The minimum absolute atomic E-state index is 0.172. The first-order chi connectivity index (χ1) is 13.4. The average Bonchev–Trinajstić information content (AvgIpc) is 2.70. The highest BCUT2D eigenvalue weighted by atomic mass is 16.7. The molecule has 0 aliphatic rings. The summed E-state index contributed by atoms with van der Waals surface area (Å²) in [5.41, 5.74) is -0.430. The van der Waals surface area contributed by atoms with Crippen molar-refractivity contribution in [2.24, 2.45) is 0 Å². The van der Waals surface area contributed by atoms with Crippen LogP contribution in [0.15, 0.2) is 61.7 Å². The smallest absolute Gasteiger partial charge is 0.339 e. The number of hydrogen-bond donors (Lipinski definition) is 1. The van der Waals surface area contributed by atoms with Gasteiger partial charge in [-0.2, -0.15) is 0 Å². The fourth-order valence-corrected chi connectivity index (χ4v) is 2.33. The van der Waals surface area contributed by atoms with Gasteiger partial charge in [-0.3, -0.25) is 0 Å². The van der Waals surface area contributed by atoms with Crippen LogP contribution in [-0.4, -0.2) is 41.9 Å². The van der Waals surface area contributed by atoms with Gasteiger partial charge in [-0.05, 0) is 16.8 Å². The Bertz CT molecular complexity index is 938. The van der Waals surface area contributed by atoms with Crippen LogP contribution < -0.4 is 0 Å². The lowest BCUT2D eigenvalue weighted by Crippen LogP contribution is -2.29. The monoisotopic (exact) mass is 384 g/mol. The molecule has 0 atom stereocenters. The summed E-state index contributed by atoms with van der Waals surface area (Å²) < 4.78 is 14.6. The number of rotatable bonds is 8. The highest BCUT2D eigenvalue weighted by molar-refractivity contribution is 6.12. The van der Waals surface area contributed by atoms with Crippen molar-refractivity contribution in [3.8, 4) is 0 Å². The Morgan fingerprint density at radius 3 is 2.14 bits per heavy atom. The number of carboxylic acids is 1. The molecule has 0 bridgehead atoms. The highest BCUT2D eigenvalue weighted by Crippen LogP contribution is 2.24. The lowest BCUT2D eigenvalue weighted by molar-refractivity contribution is -0.187. The Kier molecular flexibility index (Phi) is 6.64.